The van der Waals surface area contributed by atoms with E-state index in [4.69, 9.17) is 6.42 Å². The van der Waals surface area contributed by atoms with E-state index in [9.17, 15) is 18.5 Å². The van der Waals surface area contributed by atoms with E-state index < -0.39 is 14.9 Å². The van der Waals surface area contributed by atoms with Gasteiger partial charge in [0.15, 0.2) is 0 Å². The van der Waals surface area contributed by atoms with E-state index in [1.54, 1.807) is 6.92 Å². The minimum absolute atomic E-state index is 0.142. The van der Waals surface area contributed by atoms with E-state index in [1.807, 2.05) is 0 Å². The number of rotatable bonds is 6. The molecule has 0 bridgehead atoms. The maximum atomic E-state index is 12.0. The van der Waals surface area contributed by atoms with Crippen molar-refractivity contribution in [3.63, 3.8) is 0 Å². The summed E-state index contributed by atoms with van der Waals surface area (Å²) in [4.78, 5) is 9.84. The summed E-state index contributed by atoms with van der Waals surface area (Å²) < 4.78 is 26.5. The van der Waals surface area contributed by atoms with E-state index in [1.165, 1.54) is 18.2 Å². The second-order valence-electron chi connectivity index (χ2n) is 3.89. The number of benzene rings is 1. The molecule has 1 unspecified atom stereocenters. The third-order valence-electron chi connectivity index (χ3n) is 2.52. The lowest BCUT2D eigenvalue weighted by Crippen LogP contribution is -2.34. The molecular weight excluding hydrogens is 268 g/mol. The topological polar surface area (TPSA) is 89.3 Å². The summed E-state index contributed by atoms with van der Waals surface area (Å²) in [6.45, 7) is 1.80. The monoisotopic (exact) mass is 282 g/mol. The number of non-ortho nitro benzene ring substituents is 1. The lowest BCUT2D eigenvalue weighted by atomic mass is 10.2. The number of nitrogens with one attached hydrogen (secondary N) is 1. The minimum Gasteiger partial charge on any atom is -0.258 e. The van der Waals surface area contributed by atoms with Crippen LogP contribution < -0.4 is 4.72 Å². The summed E-state index contributed by atoms with van der Waals surface area (Å²) in [6.07, 6.45) is 5.96. The van der Waals surface area contributed by atoms with Gasteiger partial charge in [-0.15, -0.1) is 12.3 Å². The second-order valence-corrected chi connectivity index (χ2v) is 5.60. The molecule has 0 radical (unpaired) electrons. The number of hydrogen-bond acceptors (Lipinski definition) is 4. The molecule has 0 heterocycles. The molecule has 102 valence electrons. The van der Waals surface area contributed by atoms with Crippen molar-refractivity contribution in [3.8, 4) is 12.3 Å². The van der Waals surface area contributed by atoms with E-state index in [0.29, 0.717) is 6.42 Å². The second kappa shape index (κ2) is 6.31. The van der Waals surface area contributed by atoms with Crippen LogP contribution in [0.1, 0.15) is 19.8 Å². The van der Waals surface area contributed by atoms with E-state index >= 15 is 0 Å². The fraction of sp³-hybridized carbons (Fsp3) is 0.333. The molecule has 7 heteroatoms. The Balaban J connectivity index is 3.03. The highest BCUT2D eigenvalue weighted by molar-refractivity contribution is 7.89. The predicted octanol–water partition coefficient (Wildman–Crippen LogP) is 1.68. The average molecular weight is 282 g/mol. The molecule has 6 nitrogen and oxygen atoms in total. The number of hydrogen-bond donors (Lipinski definition) is 1. The van der Waals surface area contributed by atoms with Crippen LogP contribution in [-0.2, 0) is 10.0 Å². The van der Waals surface area contributed by atoms with Crippen molar-refractivity contribution >= 4 is 15.7 Å². The Morgan fingerprint density at radius 3 is 2.74 bits per heavy atom. The van der Waals surface area contributed by atoms with Crippen LogP contribution in [0.5, 0.6) is 0 Å². The van der Waals surface area contributed by atoms with Crippen molar-refractivity contribution in [3.05, 3.63) is 34.4 Å². The van der Waals surface area contributed by atoms with Gasteiger partial charge in [0.1, 0.15) is 0 Å². The van der Waals surface area contributed by atoms with Gasteiger partial charge in [0.05, 0.1) is 9.82 Å². The smallest absolute Gasteiger partial charge is 0.258 e. The molecule has 1 atom stereocenters. The van der Waals surface area contributed by atoms with Crippen LogP contribution in [-0.4, -0.2) is 19.4 Å². The SMILES string of the molecule is C#CCC(CC)NS(=O)(=O)c1cccc([N+](=O)[O-])c1. The number of sulfonamides is 1. The van der Waals surface area contributed by atoms with Gasteiger partial charge < -0.3 is 0 Å². The van der Waals surface area contributed by atoms with Crippen LogP contribution >= 0.6 is 0 Å². The van der Waals surface area contributed by atoms with Crippen molar-refractivity contribution in [2.45, 2.75) is 30.7 Å². The molecule has 0 aliphatic heterocycles. The molecule has 0 aromatic heterocycles. The van der Waals surface area contributed by atoms with Gasteiger partial charge in [0.25, 0.3) is 5.69 Å². The number of nitrogens with zero attached hydrogens (tertiary/aromatic N) is 1. The number of terminal acetylenes is 1. The number of nitro benzene ring substituents is 1. The molecule has 1 N–H and O–H groups in total. The zero-order valence-corrected chi connectivity index (χ0v) is 11.2. The molecule has 0 fully saturated rings. The molecular formula is C12H14N2O4S. The van der Waals surface area contributed by atoms with Gasteiger partial charge in [-0.3, -0.25) is 10.1 Å². The molecule has 0 saturated heterocycles. The molecule has 1 aromatic carbocycles. The summed E-state index contributed by atoms with van der Waals surface area (Å²) in [6, 6.07) is 4.50. The van der Waals surface area contributed by atoms with Gasteiger partial charge >= 0.3 is 0 Å². The highest BCUT2D eigenvalue weighted by Crippen LogP contribution is 2.17. The maximum Gasteiger partial charge on any atom is 0.270 e. The molecule has 1 rings (SSSR count). The third-order valence-corrected chi connectivity index (χ3v) is 4.04. The Hall–Kier alpha value is -1.91. The summed E-state index contributed by atoms with van der Waals surface area (Å²) in [5.41, 5.74) is -0.270. The van der Waals surface area contributed by atoms with Crippen LogP contribution in [0.15, 0.2) is 29.2 Å². The Kier molecular flexibility index (Phi) is 5.03. The molecule has 19 heavy (non-hydrogen) atoms. The van der Waals surface area contributed by atoms with E-state index in [2.05, 4.69) is 10.6 Å². The van der Waals surface area contributed by atoms with Gasteiger partial charge in [-0.25, -0.2) is 13.1 Å². The minimum atomic E-state index is -3.80. The zero-order chi connectivity index (χ0) is 14.5. The first kappa shape index (κ1) is 15.1. The number of nitro groups is 1. The predicted molar refractivity (Wildman–Crippen MR) is 70.9 cm³/mol. The third kappa shape index (κ3) is 4.05. The molecule has 0 aliphatic carbocycles. The molecule has 0 saturated carbocycles. The normalized spacial score (nSPS) is 12.6. The van der Waals surface area contributed by atoms with Gasteiger partial charge in [-0.05, 0) is 12.5 Å². The zero-order valence-electron chi connectivity index (χ0n) is 10.4. The Morgan fingerprint density at radius 1 is 1.53 bits per heavy atom. The fourth-order valence-corrected chi connectivity index (χ4v) is 2.82. The summed E-state index contributed by atoms with van der Waals surface area (Å²) >= 11 is 0. The van der Waals surface area contributed by atoms with E-state index in [0.717, 1.165) is 6.07 Å². The van der Waals surface area contributed by atoms with Gasteiger partial charge in [0, 0.05) is 24.6 Å². The van der Waals surface area contributed by atoms with Crippen molar-refractivity contribution in [2.24, 2.45) is 0 Å². The Bertz CT molecular complexity index is 604. The summed E-state index contributed by atoms with van der Waals surface area (Å²) in [5, 5.41) is 10.6. The highest BCUT2D eigenvalue weighted by Gasteiger charge is 2.20. The molecule has 0 aliphatic rings. The van der Waals surface area contributed by atoms with Crippen LogP contribution in [0.25, 0.3) is 0 Å². The first-order valence-corrected chi connectivity index (χ1v) is 7.09. The first-order valence-electron chi connectivity index (χ1n) is 5.61. The standard InChI is InChI=1S/C12H14N2O4S/c1-3-6-10(4-2)13-19(17,18)12-8-5-7-11(9-12)14(15)16/h1,5,7-10,13H,4,6H2,2H3. The van der Waals surface area contributed by atoms with Gasteiger partial charge in [-0.1, -0.05) is 13.0 Å². The first-order chi connectivity index (χ1) is 8.90. The van der Waals surface area contributed by atoms with E-state index in [-0.39, 0.29) is 23.0 Å². The molecule has 1 aromatic rings. The molecule has 0 amide bonds. The van der Waals surface area contributed by atoms with Crippen molar-refractivity contribution in [2.75, 3.05) is 0 Å². The van der Waals surface area contributed by atoms with Crippen LogP contribution in [0.2, 0.25) is 0 Å². The van der Waals surface area contributed by atoms with Crippen LogP contribution in [0, 0.1) is 22.5 Å². The fourth-order valence-electron chi connectivity index (χ4n) is 1.46. The van der Waals surface area contributed by atoms with Crippen molar-refractivity contribution in [1.82, 2.24) is 4.72 Å². The van der Waals surface area contributed by atoms with Gasteiger partial charge in [-0.2, -0.15) is 0 Å². The highest BCUT2D eigenvalue weighted by atomic mass is 32.2. The van der Waals surface area contributed by atoms with Crippen molar-refractivity contribution in [1.29, 1.82) is 0 Å². The average Bonchev–Trinajstić information content (AvgIpc) is 2.38. The van der Waals surface area contributed by atoms with Crippen LogP contribution in [0.3, 0.4) is 0 Å². The largest absolute Gasteiger partial charge is 0.270 e. The Labute approximate surface area is 112 Å². The van der Waals surface area contributed by atoms with Crippen LogP contribution in [0.4, 0.5) is 5.69 Å². The van der Waals surface area contributed by atoms with Crippen molar-refractivity contribution < 1.29 is 13.3 Å². The quantitative estimate of drug-likeness (QED) is 0.488. The maximum absolute atomic E-state index is 12.0. The lowest BCUT2D eigenvalue weighted by molar-refractivity contribution is -0.385. The lowest BCUT2D eigenvalue weighted by Gasteiger charge is -2.14. The summed E-state index contributed by atoms with van der Waals surface area (Å²) in [7, 11) is -3.80. The summed E-state index contributed by atoms with van der Waals surface area (Å²) in [5.74, 6) is 2.39. The Morgan fingerprint density at radius 2 is 2.21 bits per heavy atom. The van der Waals surface area contributed by atoms with Gasteiger partial charge in [0.2, 0.25) is 10.0 Å². The molecule has 0 spiro atoms.